The third-order valence-corrected chi connectivity index (χ3v) is 4.00. The minimum atomic E-state index is -0.287. The van der Waals surface area contributed by atoms with E-state index in [0.717, 1.165) is 11.3 Å². The molecular formula is C16H15AlCl2N2O2. The van der Waals surface area contributed by atoms with Gasteiger partial charge >= 0.3 is 5.97 Å². The molecular weight excluding hydrogens is 350 g/mol. The van der Waals surface area contributed by atoms with Crippen LogP contribution in [-0.4, -0.2) is 35.6 Å². The largest absolute Gasteiger partial charge is 0.464 e. The maximum atomic E-state index is 11.9. The van der Waals surface area contributed by atoms with Crippen molar-refractivity contribution in [3.63, 3.8) is 0 Å². The fourth-order valence-corrected chi connectivity index (χ4v) is 2.59. The second-order valence-corrected chi connectivity index (χ2v) is 5.95. The first-order chi connectivity index (χ1) is 11.1. The normalized spacial score (nSPS) is 10.3. The SMILES string of the molecule is O=C(Cc1ccccc1Nc1c(Cl)cccc1Cl)OCC[NH][Al]. The number of nitrogens with one attached hydrogen (secondary N) is 2. The number of halogens is 2. The van der Waals surface area contributed by atoms with E-state index in [1.807, 2.05) is 24.3 Å². The molecule has 0 amide bonds. The second kappa shape index (κ2) is 9.17. The van der Waals surface area contributed by atoms with Gasteiger partial charge in [-0.15, -0.1) is 0 Å². The Morgan fingerprint density at radius 3 is 2.48 bits per heavy atom. The van der Waals surface area contributed by atoms with Crippen LogP contribution < -0.4 is 9.62 Å². The summed E-state index contributed by atoms with van der Waals surface area (Å²) in [7, 11) is 0. The molecule has 0 aliphatic heterocycles. The van der Waals surface area contributed by atoms with Gasteiger partial charge in [-0.3, -0.25) is 4.79 Å². The van der Waals surface area contributed by atoms with Crippen molar-refractivity contribution in [2.24, 2.45) is 0 Å². The lowest BCUT2D eigenvalue weighted by atomic mass is 10.1. The number of carbonyl (C=O) groups is 1. The first kappa shape index (κ1) is 18.1. The van der Waals surface area contributed by atoms with Crippen LogP contribution >= 0.6 is 23.2 Å². The molecule has 23 heavy (non-hydrogen) atoms. The molecule has 118 valence electrons. The van der Waals surface area contributed by atoms with Crippen molar-refractivity contribution in [1.82, 2.24) is 4.30 Å². The van der Waals surface area contributed by atoms with Gasteiger partial charge in [-0.05, 0) is 23.8 Å². The number of ether oxygens (including phenoxy) is 1. The zero-order valence-corrected chi connectivity index (χ0v) is 15.0. The summed E-state index contributed by atoms with van der Waals surface area (Å²) < 4.78 is 7.99. The van der Waals surface area contributed by atoms with Crippen LogP contribution in [-0.2, 0) is 16.0 Å². The van der Waals surface area contributed by atoms with E-state index in [9.17, 15) is 4.79 Å². The Balaban J connectivity index is 2.13. The highest BCUT2D eigenvalue weighted by Crippen LogP contribution is 2.33. The molecule has 0 atom stereocenters. The van der Waals surface area contributed by atoms with E-state index in [1.165, 1.54) is 0 Å². The Labute approximate surface area is 153 Å². The summed E-state index contributed by atoms with van der Waals surface area (Å²) in [5, 5.41) is 4.22. The van der Waals surface area contributed by atoms with E-state index in [4.69, 9.17) is 27.9 Å². The molecule has 0 saturated heterocycles. The summed E-state index contributed by atoms with van der Waals surface area (Å²) >= 11 is 14.7. The summed E-state index contributed by atoms with van der Waals surface area (Å²) in [6.45, 7) is 0.916. The molecule has 0 spiro atoms. The lowest BCUT2D eigenvalue weighted by Crippen LogP contribution is -2.19. The van der Waals surface area contributed by atoms with Crippen molar-refractivity contribution < 1.29 is 9.53 Å². The Bertz CT molecular complexity index is 663. The van der Waals surface area contributed by atoms with Gasteiger partial charge in [-0.25, -0.2) is 0 Å². The van der Waals surface area contributed by atoms with Gasteiger partial charge in [-0.2, -0.15) is 0 Å². The predicted molar refractivity (Wildman–Crippen MR) is 94.6 cm³/mol. The summed E-state index contributed by atoms with van der Waals surface area (Å²) in [5.41, 5.74) is 2.19. The number of para-hydroxylation sites is 2. The van der Waals surface area contributed by atoms with Crippen molar-refractivity contribution in [2.75, 3.05) is 18.5 Å². The molecule has 0 aliphatic rings. The van der Waals surface area contributed by atoms with Gasteiger partial charge < -0.3 is 14.4 Å². The van der Waals surface area contributed by atoms with Crippen LogP contribution in [0.3, 0.4) is 0 Å². The van der Waals surface area contributed by atoms with E-state index < -0.39 is 0 Å². The van der Waals surface area contributed by atoms with Crippen molar-refractivity contribution in [3.05, 3.63) is 58.1 Å². The van der Waals surface area contributed by atoms with E-state index in [1.54, 1.807) is 18.2 Å². The van der Waals surface area contributed by atoms with Crippen LogP contribution in [0.1, 0.15) is 5.56 Å². The average molecular weight is 365 g/mol. The van der Waals surface area contributed by atoms with Gasteiger partial charge in [0.1, 0.15) is 6.61 Å². The van der Waals surface area contributed by atoms with Crippen LogP contribution in [0, 0.1) is 0 Å². The zero-order valence-electron chi connectivity index (χ0n) is 12.3. The van der Waals surface area contributed by atoms with Crippen LogP contribution in [0.5, 0.6) is 0 Å². The van der Waals surface area contributed by atoms with Crippen LogP contribution in [0.4, 0.5) is 11.4 Å². The van der Waals surface area contributed by atoms with E-state index in [2.05, 4.69) is 26.1 Å². The highest BCUT2D eigenvalue weighted by molar-refractivity contribution is 6.39. The van der Waals surface area contributed by atoms with Gasteiger partial charge in [0.15, 0.2) is 0 Å². The minimum absolute atomic E-state index is 0.169. The van der Waals surface area contributed by atoms with E-state index in [-0.39, 0.29) is 12.4 Å². The number of rotatable bonds is 7. The predicted octanol–water partition coefficient (Wildman–Crippen LogP) is 3.50. The highest BCUT2D eigenvalue weighted by atomic mass is 35.5. The molecule has 0 fully saturated rings. The monoisotopic (exact) mass is 364 g/mol. The number of hydrogen-bond donors (Lipinski definition) is 2. The number of anilines is 2. The standard InChI is InChI=1S/C16H15Cl2N2O2.Al/c17-12-5-3-6-13(18)16(12)20-14-7-2-1-4-11(14)10-15(21)22-9-8-19;/h1-7,19-20H,8-10H2;/q-1;+1. The lowest BCUT2D eigenvalue weighted by Gasteiger charge is -2.14. The van der Waals surface area contributed by atoms with Crippen LogP contribution in [0.15, 0.2) is 42.5 Å². The molecule has 7 heteroatoms. The van der Waals surface area contributed by atoms with Crippen LogP contribution in [0.25, 0.3) is 0 Å². The molecule has 2 rings (SSSR count). The van der Waals surface area contributed by atoms with E-state index >= 15 is 0 Å². The Morgan fingerprint density at radius 1 is 1.09 bits per heavy atom. The van der Waals surface area contributed by atoms with Gasteiger partial charge in [0, 0.05) is 12.2 Å². The number of esters is 1. The summed E-state index contributed by atoms with van der Waals surface area (Å²) in [4.78, 5) is 11.9. The summed E-state index contributed by atoms with van der Waals surface area (Å²) in [6.07, 6.45) is 0.169. The van der Waals surface area contributed by atoms with Crippen molar-refractivity contribution in [1.29, 1.82) is 0 Å². The number of benzene rings is 2. The van der Waals surface area contributed by atoms with Crippen molar-refractivity contribution >= 4 is 57.1 Å². The van der Waals surface area contributed by atoms with Gasteiger partial charge in [0.05, 0.1) is 22.2 Å². The lowest BCUT2D eigenvalue weighted by molar-refractivity contribution is -0.142. The van der Waals surface area contributed by atoms with Gasteiger partial charge in [-0.1, -0.05) is 47.5 Å². The summed E-state index contributed by atoms with van der Waals surface area (Å²) in [6, 6.07) is 12.8. The fraction of sp³-hybridized carbons (Fsp3) is 0.188. The Kier molecular flexibility index (Phi) is 7.23. The first-order valence-electron chi connectivity index (χ1n) is 7.00. The minimum Gasteiger partial charge on any atom is -0.464 e. The maximum absolute atomic E-state index is 11.9. The molecule has 2 radical (unpaired) electrons. The zero-order chi connectivity index (χ0) is 16.7. The Hall–Kier alpha value is -1.22. The highest BCUT2D eigenvalue weighted by Gasteiger charge is 2.11. The quantitative estimate of drug-likeness (QED) is 0.448. The van der Waals surface area contributed by atoms with Gasteiger partial charge in [0.25, 0.3) is 16.5 Å². The molecule has 2 aromatic rings. The number of carbonyl (C=O) groups excluding carboxylic acids is 1. The van der Waals surface area contributed by atoms with Crippen molar-refractivity contribution in [2.45, 2.75) is 6.42 Å². The summed E-state index contributed by atoms with van der Waals surface area (Å²) in [5.74, 6) is -0.287. The number of hydrogen-bond acceptors (Lipinski definition) is 4. The van der Waals surface area contributed by atoms with Crippen LogP contribution in [0.2, 0.25) is 10.0 Å². The molecule has 0 aromatic heterocycles. The average Bonchev–Trinajstić information content (AvgIpc) is 2.53. The fourth-order valence-electron chi connectivity index (χ4n) is 1.98. The molecule has 2 N–H and O–H groups in total. The third kappa shape index (κ3) is 5.42. The maximum Gasteiger partial charge on any atom is 0.310 e. The molecule has 4 nitrogen and oxygen atoms in total. The molecule has 0 unspecified atom stereocenters. The molecule has 0 bridgehead atoms. The molecule has 0 aliphatic carbocycles. The second-order valence-electron chi connectivity index (χ2n) is 4.73. The Morgan fingerprint density at radius 2 is 1.78 bits per heavy atom. The van der Waals surface area contributed by atoms with E-state index in [0.29, 0.717) is 28.9 Å². The molecule has 2 aromatic carbocycles. The topological polar surface area (TPSA) is 50.4 Å². The molecule has 0 saturated carbocycles. The molecule has 0 heterocycles. The first-order valence-corrected chi connectivity index (χ1v) is 8.33. The smallest absolute Gasteiger partial charge is 0.310 e. The van der Waals surface area contributed by atoms with Gasteiger partial charge in [0.2, 0.25) is 0 Å². The third-order valence-electron chi connectivity index (χ3n) is 3.08. The van der Waals surface area contributed by atoms with Crippen molar-refractivity contribution in [3.8, 4) is 0 Å².